The molecule has 0 aliphatic heterocycles. The molecule has 2 rings (SSSR count). The minimum atomic E-state index is -0.740. The molecule has 0 heterocycles. The van der Waals surface area contributed by atoms with Gasteiger partial charge in [-0.15, -0.1) is 0 Å². The first-order chi connectivity index (χ1) is 9.28. The number of rotatable bonds is 3. The van der Waals surface area contributed by atoms with Gasteiger partial charge in [0.1, 0.15) is 11.4 Å². The van der Waals surface area contributed by atoms with E-state index in [0.29, 0.717) is 0 Å². The van der Waals surface area contributed by atoms with Crippen LogP contribution in [0.25, 0.3) is 0 Å². The number of carbonyl (C=O) groups is 1. The maximum atomic E-state index is 13.0. The van der Waals surface area contributed by atoms with Crippen molar-refractivity contribution in [3.63, 3.8) is 0 Å². The molecule has 0 aromatic heterocycles. The molecule has 1 aliphatic carbocycles. The molecule has 1 saturated carbocycles. The Morgan fingerprint density at radius 1 is 1.50 bits per heavy atom. The number of hydrogen-bond acceptors (Lipinski definition) is 3. The smallest absolute Gasteiger partial charge is 0.285 e. The van der Waals surface area contributed by atoms with Crippen molar-refractivity contribution in [2.75, 3.05) is 0 Å². The van der Waals surface area contributed by atoms with Crippen molar-refractivity contribution in [1.82, 2.24) is 5.32 Å². The van der Waals surface area contributed by atoms with Gasteiger partial charge in [-0.2, -0.15) is 0 Å². The molecule has 108 valence electrons. The second kappa shape index (κ2) is 5.19. The summed E-state index contributed by atoms with van der Waals surface area (Å²) in [6.45, 7) is 4.25. The molecular formula is C14H17FN2O3. The fourth-order valence-corrected chi connectivity index (χ4v) is 2.67. The Kier molecular flexibility index (Phi) is 3.74. The van der Waals surface area contributed by atoms with Crippen LogP contribution in [0.5, 0.6) is 0 Å². The Morgan fingerprint density at radius 2 is 2.20 bits per heavy atom. The van der Waals surface area contributed by atoms with Crippen LogP contribution in [0.1, 0.15) is 43.5 Å². The van der Waals surface area contributed by atoms with Crippen LogP contribution >= 0.6 is 0 Å². The summed E-state index contributed by atoms with van der Waals surface area (Å²) in [5.74, 6) is -1.24. The molecule has 0 radical (unpaired) electrons. The number of amides is 1. The third-order valence-corrected chi connectivity index (χ3v) is 3.70. The lowest BCUT2D eigenvalue weighted by molar-refractivity contribution is -0.385. The Balaban J connectivity index is 2.16. The molecule has 5 nitrogen and oxygen atoms in total. The molecule has 6 heteroatoms. The number of nitrogens with zero attached hydrogens (tertiary/aromatic N) is 1. The molecule has 1 N–H and O–H groups in total. The molecule has 1 aromatic carbocycles. The molecule has 1 atom stereocenters. The number of halogens is 1. The van der Waals surface area contributed by atoms with Gasteiger partial charge in [0.25, 0.3) is 11.6 Å². The second-order valence-electron chi connectivity index (χ2n) is 6.00. The van der Waals surface area contributed by atoms with Gasteiger partial charge in [-0.3, -0.25) is 14.9 Å². The molecule has 1 unspecified atom stereocenters. The van der Waals surface area contributed by atoms with Crippen molar-refractivity contribution in [1.29, 1.82) is 0 Å². The zero-order valence-electron chi connectivity index (χ0n) is 11.5. The van der Waals surface area contributed by atoms with Crippen LogP contribution in [-0.4, -0.2) is 16.9 Å². The molecule has 1 fully saturated rings. The highest BCUT2D eigenvalue weighted by Crippen LogP contribution is 2.37. The van der Waals surface area contributed by atoms with Gasteiger partial charge >= 0.3 is 0 Å². The summed E-state index contributed by atoms with van der Waals surface area (Å²) >= 11 is 0. The Morgan fingerprint density at radius 3 is 2.75 bits per heavy atom. The van der Waals surface area contributed by atoms with Crippen molar-refractivity contribution >= 4 is 11.6 Å². The van der Waals surface area contributed by atoms with Gasteiger partial charge < -0.3 is 5.32 Å². The number of carbonyl (C=O) groups excluding carboxylic acids is 1. The van der Waals surface area contributed by atoms with Gasteiger partial charge in [-0.25, -0.2) is 4.39 Å². The Labute approximate surface area is 116 Å². The van der Waals surface area contributed by atoms with E-state index in [1.54, 1.807) is 0 Å². The Hall–Kier alpha value is -1.98. The van der Waals surface area contributed by atoms with E-state index in [9.17, 15) is 19.3 Å². The minimum Gasteiger partial charge on any atom is -0.349 e. The summed E-state index contributed by atoms with van der Waals surface area (Å²) in [6, 6.07) is 3.00. The van der Waals surface area contributed by atoms with Crippen LogP contribution in [0.4, 0.5) is 10.1 Å². The van der Waals surface area contributed by atoms with E-state index in [0.717, 1.165) is 37.5 Å². The van der Waals surface area contributed by atoms with E-state index in [1.807, 2.05) is 0 Å². The molecule has 0 saturated heterocycles. The van der Waals surface area contributed by atoms with E-state index in [-0.39, 0.29) is 17.0 Å². The van der Waals surface area contributed by atoms with E-state index >= 15 is 0 Å². The number of nitro benzene ring substituents is 1. The number of benzene rings is 1. The SMILES string of the molecule is CC1(C)CCC(NC(=O)c2ccc(F)cc2[N+](=O)[O-])C1. The third kappa shape index (κ3) is 3.12. The predicted octanol–water partition coefficient (Wildman–Crippen LogP) is 3.04. The van der Waals surface area contributed by atoms with Crippen LogP contribution < -0.4 is 5.32 Å². The standard InChI is InChI=1S/C14H17FN2O3/c1-14(2)6-5-10(8-14)16-13(18)11-4-3-9(15)7-12(11)17(19)20/h3-4,7,10H,5-6,8H2,1-2H3,(H,16,18). The topological polar surface area (TPSA) is 72.2 Å². The van der Waals surface area contributed by atoms with E-state index in [1.165, 1.54) is 0 Å². The quantitative estimate of drug-likeness (QED) is 0.683. The van der Waals surface area contributed by atoms with Crippen molar-refractivity contribution in [2.45, 2.75) is 39.2 Å². The van der Waals surface area contributed by atoms with Gasteiger partial charge in [-0.1, -0.05) is 13.8 Å². The van der Waals surface area contributed by atoms with Gasteiger partial charge in [0, 0.05) is 6.04 Å². The maximum Gasteiger partial charge on any atom is 0.285 e. The summed E-state index contributed by atoms with van der Waals surface area (Å²) in [6.07, 6.45) is 2.70. The number of nitro groups is 1. The van der Waals surface area contributed by atoms with Crippen LogP contribution in [-0.2, 0) is 0 Å². The summed E-state index contributed by atoms with van der Waals surface area (Å²) in [5, 5.41) is 13.7. The monoisotopic (exact) mass is 280 g/mol. The molecule has 1 amide bonds. The second-order valence-corrected chi connectivity index (χ2v) is 6.00. The molecule has 0 bridgehead atoms. The van der Waals surface area contributed by atoms with Crippen LogP contribution in [0, 0.1) is 21.3 Å². The van der Waals surface area contributed by atoms with Crippen LogP contribution in [0.15, 0.2) is 18.2 Å². The lowest BCUT2D eigenvalue weighted by atomic mass is 9.92. The number of nitrogens with one attached hydrogen (secondary N) is 1. The fraction of sp³-hybridized carbons (Fsp3) is 0.500. The van der Waals surface area contributed by atoms with E-state index in [4.69, 9.17) is 0 Å². The highest BCUT2D eigenvalue weighted by Gasteiger charge is 2.32. The Bertz CT molecular complexity index is 557. The maximum absolute atomic E-state index is 13.0. The predicted molar refractivity (Wildman–Crippen MR) is 71.9 cm³/mol. The van der Waals surface area contributed by atoms with Crippen molar-refractivity contribution in [2.24, 2.45) is 5.41 Å². The van der Waals surface area contributed by atoms with E-state index < -0.39 is 22.3 Å². The van der Waals surface area contributed by atoms with Gasteiger partial charge in [0.15, 0.2) is 0 Å². The van der Waals surface area contributed by atoms with Crippen molar-refractivity contribution in [3.8, 4) is 0 Å². The molecular weight excluding hydrogens is 263 g/mol. The van der Waals surface area contributed by atoms with Gasteiger partial charge in [0.05, 0.1) is 11.0 Å². The number of hydrogen-bond donors (Lipinski definition) is 1. The zero-order valence-corrected chi connectivity index (χ0v) is 11.5. The lowest BCUT2D eigenvalue weighted by Crippen LogP contribution is -2.33. The van der Waals surface area contributed by atoms with Gasteiger partial charge in [0.2, 0.25) is 0 Å². The fourth-order valence-electron chi connectivity index (χ4n) is 2.67. The van der Waals surface area contributed by atoms with Gasteiger partial charge in [-0.05, 0) is 36.8 Å². The first kappa shape index (κ1) is 14.4. The summed E-state index contributed by atoms with van der Waals surface area (Å²) < 4.78 is 13.0. The third-order valence-electron chi connectivity index (χ3n) is 3.70. The van der Waals surface area contributed by atoms with Crippen LogP contribution in [0.2, 0.25) is 0 Å². The average molecular weight is 280 g/mol. The average Bonchev–Trinajstić information content (AvgIpc) is 2.68. The highest BCUT2D eigenvalue weighted by molar-refractivity contribution is 5.98. The zero-order chi connectivity index (χ0) is 14.9. The highest BCUT2D eigenvalue weighted by atomic mass is 19.1. The first-order valence-electron chi connectivity index (χ1n) is 6.53. The molecule has 20 heavy (non-hydrogen) atoms. The molecule has 1 aliphatic rings. The van der Waals surface area contributed by atoms with E-state index in [2.05, 4.69) is 19.2 Å². The lowest BCUT2D eigenvalue weighted by Gasteiger charge is -2.17. The minimum absolute atomic E-state index is 0.0159. The van der Waals surface area contributed by atoms with Crippen LogP contribution in [0.3, 0.4) is 0 Å². The van der Waals surface area contributed by atoms with Crippen molar-refractivity contribution in [3.05, 3.63) is 39.7 Å². The largest absolute Gasteiger partial charge is 0.349 e. The molecule has 1 aromatic rings. The summed E-state index contributed by atoms with van der Waals surface area (Å²) in [4.78, 5) is 22.2. The summed E-state index contributed by atoms with van der Waals surface area (Å²) in [7, 11) is 0. The first-order valence-corrected chi connectivity index (χ1v) is 6.53. The molecule has 0 spiro atoms. The summed E-state index contributed by atoms with van der Waals surface area (Å²) in [5.41, 5.74) is -0.423. The normalized spacial score (nSPS) is 20.6. The van der Waals surface area contributed by atoms with Crippen molar-refractivity contribution < 1.29 is 14.1 Å².